The molecular weight excluding hydrogens is 272 g/mol. The molecule has 20 heavy (non-hydrogen) atoms. The normalized spacial score (nSPS) is 14.1. The summed E-state index contributed by atoms with van der Waals surface area (Å²) in [5.74, 6) is 0.392. The Morgan fingerprint density at radius 2 is 1.95 bits per heavy atom. The average molecular weight is 294 g/mol. The summed E-state index contributed by atoms with van der Waals surface area (Å²) in [6, 6.07) is 5.34. The molecule has 2 rings (SSSR count). The van der Waals surface area contributed by atoms with Crippen molar-refractivity contribution in [2.45, 2.75) is 31.2 Å². The van der Waals surface area contributed by atoms with Crippen molar-refractivity contribution in [3.8, 4) is 0 Å². The highest BCUT2D eigenvalue weighted by Crippen LogP contribution is 2.25. The number of hydrogen-bond donors (Lipinski definition) is 1. The molecule has 0 spiro atoms. The molecule has 0 saturated carbocycles. The molecule has 0 radical (unpaired) electrons. The standard InChI is InChI=1S/C15H22N2O2S/c1-10(2)14(16)7-11-9-17(3)15-6-5-12(8-13(11)15)20(4,18)19/h5-6,8-10,14H,7,16H2,1-4H3. The lowest BCUT2D eigenvalue weighted by Crippen LogP contribution is -2.28. The summed E-state index contributed by atoms with van der Waals surface area (Å²) < 4.78 is 25.4. The van der Waals surface area contributed by atoms with Gasteiger partial charge in [-0.3, -0.25) is 0 Å². The van der Waals surface area contributed by atoms with Crippen LogP contribution in [0.15, 0.2) is 29.3 Å². The van der Waals surface area contributed by atoms with Crippen LogP contribution in [0, 0.1) is 5.92 Å². The lowest BCUT2D eigenvalue weighted by atomic mass is 9.97. The van der Waals surface area contributed by atoms with E-state index in [9.17, 15) is 8.42 Å². The highest BCUT2D eigenvalue weighted by Gasteiger charge is 2.15. The molecule has 2 N–H and O–H groups in total. The number of aryl methyl sites for hydroxylation is 1. The maximum atomic E-state index is 11.7. The Kier molecular flexibility index (Phi) is 3.93. The summed E-state index contributed by atoms with van der Waals surface area (Å²) in [7, 11) is -1.22. The van der Waals surface area contributed by atoms with E-state index in [4.69, 9.17) is 5.73 Å². The molecule has 5 heteroatoms. The Balaban J connectivity index is 2.55. The van der Waals surface area contributed by atoms with Crippen molar-refractivity contribution in [1.82, 2.24) is 4.57 Å². The first-order chi connectivity index (χ1) is 9.20. The molecule has 2 aromatic rings. The molecule has 0 amide bonds. The molecule has 110 valence electrons. The monoisotopic (exact) mass is 294 g/mol. The minimum atomic E-state index is -3.19. The van der Waals surface area contributed by atoms with E-state index in [0.29, 0.717) is 10.8 Å². The van der Waals surface area contributed by atoms with Gasteiger partial charge < -0.3 is 10.3 Å². The van der Waals surface area contributed by atoms with E-state index < -0.39 is 9.84 Å². The Morgan fingerprint density at radius 3 is 2.50 bits per heavy atom. The molecule has 0 saturated heterocycles. The molecule has 0 aliphatic rings. The van der Waals surface area contributed by atoms with Gasteiger partial charge in [-0.1, -0.05) is 13.8 Å². The van der Waals surface area contributed by atoms with Crippen molar-refractivity contribution < 1.29 is 8.42 Å². The number of hydrogen-bond acceptors (Lipinski definition) is 3. The Hall–Kier alpha value is -1.33. The lowest BCUT2D eigenvalue weighted by Gasteiger charge is -2.14. The summed E-state index contributed by atoms with van der Waals surface area (Å²) in [5.41, 5.74) is 8.28. The van der Waals surface area contributed by atoms with Crippen LogP contribution < -0.4 is 5.73 Å². The van der Waals surface area contributed by atoms with Gasteiger partial charge in [0.1, 0.15) is 0 Å². The van der Waals surface area contributed by atoms with Crippen molar-refractivity contribution in [2.24, 2.45) is 18.7 Å². The van der Waals surface area contributed by atoms with Crippen LogP contribution in [0.5, 0.6) is 0 Å². The van der Waals surface area contributed by atoms with E-state index in [2.05, 4.69) is 13.8 Å². The maximum absolute atomic E-state index is 11.7. The summed E-state index contributed by atoms with van der Waals surface area (Å²) >= 11 is 0. The topological polar surface area (TPSA) is 65.1 Å². The summed E-state index contributed by atoms with van der Waals surface area (Å²) in [6.45, 7) is 4.19. The Labute approximate surface area is 120 Å². The van der Waals surface area contributed by atoms with Crippen molar-refractivity contribution >= 4 is 20.7 Å². The molecule has 1 aromatic heterocycles. The van der Waals surface area contributed by atoms with Crippen molar-refractivity contribution in [1.29, 1.82) is 0 Å². The second-order valence-electron chi connectivity index (χ2n) is 5.83. The van der Waals surface area contributed by atoms with E-state index in [1.54, 1.807) is 12.1 Å². The zero-order valence-corrected chi connectivity index (χ0v) is 13.2. The van der Waals surface area contributed by atoms with Crippen LogP contribution in [0.3, 0.4) is 0 Å². The van der Waals surface area contributed by atoms with Crippen LogP contribution in [0.25, 0.3) is 10.9 Å². The molecule has 4 nitrogen and oxygen atoms in total. The van der Waals surface area contributed by atoms with E-state index in [1.807, 2.05) is 23.9 Å². The fraction of sp³-hybridized carbons (Fsp3) is 0.467. The number of nitrogens with zero attached hydrogens (tertiary/aromatic N) is 1. The van der Waals surface area contributed by atoms with Crippen LogP contribution in [0.2, 0.25) is 0 Å². The highest BCUT2D eigenvalue weighted by molar-refractivity contribution is 7.90. The van der Waals surface area contributed by atoms with E-state index in [1.165, 1.54) is 6.26 Å². The van der Waals surface area contributed by atoms with Gasteiger partial charge in [0, 0.05) is 36.4 Å². The first kappa shape index (κ1) is 15.1. The summed E-state index contributed by atoms with van der Waals surface area (Å²) in [5, 5.41) is 0.978. The molecular formula is C15H22N2O2S. The van der Waals surface area contributed by atoms with Crippen molar-refractivity contribution in [3.63, 3.8) is 0 Å². The smallest absolute Gasteiger partial charge is 0.175 e. The van der Waals surface area contributed by atoms with E-state index in [0.717, 1.165) is 22.9 Å². The Morgan fingerprint density at radius 1 is 1.30 bits per heavy atom. The third-order valence-corrected chi connectivity index (χ3v) is 4.89. The first-order valence-electron chi connectivity index (χ1n) is 6.73. The van der Waals surface area contributed by atoms with Crippen LogP contribution >= 0.6 is 0 Å². The molecule has 0 fully saturated rings. The van der Waals surface area contributed by atoms with E-state index >= 15 is 0 Å². The predicted molar refractivity (Wildman–Crippen MR) is 82.5 cm³/mol. The van der Waals surface area contributed by atoms with E-state index in [-0.39, 0.29) is 6.04 Å². The van der Waals surface area contributed by atoms with Crippen molar-refractivity contribution in [2.75, 3.05) is 6.26 Å². The van der Waals surface area contributed by atoms with Crippen LogP contribution in [-0.2, 0) is 23.3 Å². The van der Waals surface area contributed by atoms with Gasteiger partial charge in [-0.05, 0) is 36.1 Å². The largest absolute Gasteiger partial charge is 0.350 e. The number of rotatable bonds is 4. The summed E-state index contributed by atoms with van der Waals surface area (Å²) in [6.07, 6.45) is 4.03. The third kappa shape index (κ3) is 2.88. The predicted octanol–water partition coefficient (Wildman–Crippen LogP) is 2.11. The number of benzene rings is 1. The van der Waals surface area contributed by atoms with Gasteiger partial charge in [-0.25, -0.2) is 8.42 Å². The molecule has 1 unspecified atom stereocenters. The molecule has 1 heterocycles. The number of sulfone groups is 1. The fourth-order valence-corrected chi connectivity index (χ4v) is 2.98. The number of fused-ring (bicyclic) bond motifs is 1. The van der Waals surface area contributed by atoms with Gasteiger partial charge >= 0.3 is 0 Å². The maximum Gasteiger partial charge on any atom is 0.175 e. The zero-order valence-electron chi connectivity index (χ0n) is 12.4. The van der Waals surface area contributed by atoms with Crippen LogP contribution in [0.1, 0.15) is 19.4 Å². The third-order valence-electron chi connectivity index (χ3n) is 3.78. The average Bonchev–Trinajstić information content (AvgIpc) is 2.65. The van der Waals surface area contributed by atoms with Gasteiger partial charge in [0.25, 0.3) is 0 Å². The minimum absolute atomic E-state index is 0.0717. The first-order valence-corrected chi connectivity index (χ1v) is 8.63. The zero-order chi connectivity index (χ0) is 15.1. The van der Waals surface area contributed by atoms with Gasteiger partial charge in [0.05, 0.1) is 4.90 Å². The lowest BCUT2D eigenvalue weighted by molar-refractivity contribution is 0.491. The number of nitrogens with two attached hydrogens (primary N) is 1. The van der Waals surface area contributed by atoms with Gasteiger partial charge in [-0.15, -0.1) is 0 Å². The van der Waals surface area contributed by atoms with Gasteiger partial charge in [0.15, 0.2) is 9.84 Å². The van der Waals surface area contributed by atoms with Crippen LogP contribution in [-0.4, -0.2) is 25.3 Å². The van der Waals surface area contributed by atoms with Gasteiger partial charge in [0.2, 0.25) is 0 Å². The second-order valence-corrected chi connectivity index (χ2v) is 7.84. The molecule has 0 bridgehead atoms. The molecule has 1 aromatic carbocycles. The molecule has 1 atom stereocenters. The second kappa shape index (κ2) is 5.22. The van der Waals surface area contributed by atoms with Crippen molar-refractivity contribution in [3.05, 3.63) is 30.0 Å². The quantitative estimate of drug-likeness (QED) is 0.939. The highest BCUT2D eigenvalue weighted by atomic mass is 32.2. The molecule has 0 aliphatic carbocycles. The number of aromatic nitrogens is 1. The minimum Gasteiger partial charge on any atom is -0.350 e. The SMILES string of the molecule is CC(C)C(N)Cc1cn(C)c2ccc(S(C)(=O)=O)cc12. The fourth-order valence-electron chi connectivity index (χ4n) is 2.34. The Bertz CT molecular complexity index is 730. The molecule has 0 aliphatic heterocycles. The summed E-state index contributed by atoms with van der Waals surface area (Å²) in [4.78, 5) is 0.357. The van der Waals surface area contributed by atoms with Gasteiger partial charge in [-0.2, -0.15) is 0 Å². The van der Waals surface area contributed by atoms with Crippen LogP contribution in [0.4, 0.5) is 0 Å².